The fraction of sp³-hybridized carbons (Fsp3) is 0.120. The van der Waals surface area contributed by atoms with Crippen LogP contribution in [0.15, 0.2) is 148 Å². The minimum atomic E-state index is -2.61. The number of pyridine rings is 1. The first-order valence-corrected chi connectivity index (χ1v) is 17.7. The number of nitrogens with zero attached hydrogens (tertiary/aromatic N) is 2. The number of furan rings is 1. The largest absolute Gasteiger partial charge is 0.501 e. The van der Waals surface area contributed by atoms with Crippen LogP contribution >= 0.6 is 0 Å². The molecule has 271 valence electrons. The van der Waals surface area contributed by atoms with Crippen molar-refractivity contribution in [2.75, 3.05) is 0 Å². The number of rotatable bonds is 3. The summed E-state index contributed by atoms with van der Waals surface area (Å²) in [5.74, 6) is 0.622. The maximum absolute atomic E-state index is 8.98. The van der Waals surface area contributed by atoms with E-state index in [-0.39, 0.29) is 48.4 Å². The second kappa shape index (κ2) is 14.4. The Kier molecular flexibility index (Phi) is 7.48. The van der Waals surface area contributed by atoms with Gasteiger partial charge in [-0.2, -0.15) is 0 Å². The Balaban J connectivity index is 0.000000277. The molecule has 1 radical (unpaired) electrons. The number of hydrogen-bond donors (Lipinski definition) is 0. The van der Waals surface area contributed by atoms with E-state index in [0.717, 1.165) is 49.0 Å². The first-order valence-electron chi connectivity index (χ1n) is 21.2. The van der Waals surface area contributed by atoms with Gasteiger partial charge in [-0.1, -0.05) is 110 Å². The SMILES string of the molecule is [2H]c1cc(C(C)(C)C)cc(C([2H])([2H])[2H])c1-c1cc(-c2[c-]ccc3c2oc2cc4c(ccc5ccccc54)cc23)ncc1C([2H])([2H])[2H].[Ir].[c-]1ccccc1-c1nc2ccccc2o1. The molecule has 10 aromatic rings. The molecule has 5 heteroatoms. The topological polar surface area (TPSA) is 52.1 Å². The zero-order valence-electron chi connectivity index (χ0n) is 37.2. The zero-order chi connectivity index (χ0) is 42.8. The first-order chi connectivity index (χ1) is 29.0. The molecule has 4 nitrogen and oxygen atoms in total. The predicted octanol–water partition coefficient (Wildman–Crippen LogP) is 13.6. The van der Waals surface area contributed by atoms with Crippen molar-refractivity contribution in [1.82, 2.24) is 9.97 Å². The van der Waals surface area contributed by atoms with Gasteiger partial charge in [0.05, 0.1) is 12.5 Å². The molecule has 0 saturated heterocycles. The Morgan fingerprint density at radius 3 is 2.29 bits per heavy atom. The summed E-state index contributed by atoms with van der Waals surface area (Å²) in [7, 11) is 0. The molecule has 0 bridgehead atoms. The van der Waals surface area contributed by atoms with Crippen molar-refractivity contribution in [1.29, 1.82) is 0 Å². The van der Waals surface area contributed by atoms with Gasteiger partial charge in [0.15, 0.2) is 0 Å². The Hall–Kier alpha value is -5.87. The molecule has 0 saturated carbocycles. The minimum absolute atomic E-state index is 0. The van der Waals surface area contributed by atoms with Gasteiger partial charge in [-0.15, -0.1) is 48.5 Å². The Bertz CT molecular complexity index is 3260. The van der Waals surface area contributed by atoms with Crippen LogP contribution in [0.25, 0.3) is 88.4 Å². The normalized spacial score (nSPS) is 13.9. The zero-order valence-corrected chi connectivity index (χ0v) is 32.6. The van der Waals surface area contributed by atoms with Gasteiger partial charge in [0.1, 0.15) is 17.1 Å². The number of fused-ring (bicyclic) bond motifs is 7. The second-order valence-corrected chi connectivity index (χ2v) is 14.4. The van der Waals surface area contributed by atoms with Crippen LogP contribution in [-0.2, 0) is 25.5 Å². The maximum Gasteiger partial charge on any atom is 0.141 e. The first kappa shape index (κ1) is 28.6. The number of hydrogen-bond acceptors (Lipinski definition) is 4. The third-order valence-corrected chi connectivity index (χ3v) is 9.77. The molecule has 0 aliphatic rings. The molecule has 3 heterocycles. The molecule has 55 heavy (non-hydrogen) atoms. The van der Waals surface area contributed by atoms with Gasteiger partial charge < -0.3 is 13.8 Å². The molecular weight excluding hydrogens is 853 g/mol. The molecule has 0 unspecified atom stereocenters. The summed E-state index contributed by atoms with van der Waals surface area (Å²) in [6.45, 7) is 0.619. The third kappa shape index (κ3) is 6.76. The van der Waals surface area contributed by atoms with Gasteiger partial charge in [-0.25, -0.2) is 0 Å². The summed E-state index contributed by atoms with van der Waals surface area (Å²) in [6.07, 6.45) is 1.26. The van der Waals surface area contributed by atoms with E-state index >= 15 is 0 Å². The van der Waals surface area contributed by atoms with Crippen molar-refractivity contribution in [3.05, 3.63) is 168 Å². The van der Waals surface area contributed by atoms with E-state index < -0.39 is 19.1 Å². The van der Waals surface area contributed by atoms with Gasteiger partial charge in [0, 0.05) is 39.9 Å². The standard InChI is InChI=1S/C37H30NO.C13H8NO.Ir/c1-22-17-26(37(3,4)5)15-16-27(22)31-19-34(38-21-23(31)2)30-12-8-11-29-33-18-25-14-13-24-9-6-7-10-28(24)32(25)20-35(33)39-36(29)30;1-2-6-10(7-3-1)13-14-11-8-4-5-9-12(11)15-13;/h6-11,13-21H,1-5H3;1-6,8-9H;/q2*-1;/i1D3,2D3,16D;;. The molecule has 10 rings (SSSR count). The van der Waals surface area contributed by atoms with Crippen molar-refractivity contribution < 1.29 is 38.5 Å². The predicted molar refractivity (Wildman–Crippen MR) is 223 cm³/mol. The third-order valence-electron chi connectivity index (χ3n) is 9.77. The molecule has 0 amide bonds. The maximum atomic E-state index is 8.98. The van der Waals surface area contributed by atoms with E-state index in [9.17, 15) is 0 Å². The summed E-state index contributed by atoms with van der Waals surface area (Å²) in [5, 5.41) is 6.16. The smallest absolute Gasteiger partial charge is 0.141 e. The van der Waals surface area contributed by atoms with Gasteiger partial charge in [0.2, 0.25) is 0 Å². The molecule has 0 aliphatic heterocycles. The Labute approximate surface area is 344 Å². The average Bonchev–Trinajstić information content (AvgIpc) is 3.84. The molecule has 7 aromatic carbocycles. The number of aromatic nitrogens is 2. The number of benzene rings is 7. The van der Waals surface area contributed by atoms with Crippen molar-refractivity contribution >= 4 is 54.6 Å². The van der Waals surface area contributed by atoms with E-state index in [4.69, 9.17) is 18.4 Å². The van der Waals surface area contributed by atoms with Gasteiger partial charge >= 0.3 is 0 Å². The van der Waals surface area contributed by atoms with E-state index in [1.165, 1.54) is 6.20 Å². The number of oxazole rings is 1. The summed E-state index contributed by atoms with van der Waals surface area (Å²) >= 11 is 0. The summed E-state index contributed by atoms with van der Waals surface area (Å²) in [4.78, 5) is 8.93. The molecule has 0 N–H and O–H groups in total. The van der Waals surface area contributed by atoms with E-state index in [0.29, 0.717) is 33.9 Å². The Morgan fingerprint density at radius 1 is 0.655 bits per heavy atom. The number of para-hydroxylation sites is 2. The molecule has 0 fully saturated rings. The van der Waals surface area contributed by atoms with Crippen LogP contribution in [0, 0.1) is 25.8 Å². The van der Waals surface area contributed by atoms with E-state index in [2.05, 4.69) is 52.4 Å². The fourth-order valence-corrected chi connectivity index (χ4v) is 6.90. The second-order valence-electron chi connectivity index (χ2n) is 14.4. The van der Waals surface area contributed by atoms with Gasteiger partial charge in [-0.05, 0) is 98.4 Å². The summed E-state index contributed by atoms with van der Waals surface area (Å²) in [5.41, 5.74) is 4.89. The summed E-state index contributed by atoms with van der Waals surface area (Å²) in [6, 6.07) is 46.6. The van der Waals surface area contributed by atoms with Crippen LogP contribution in [0.1, 0.15) is 47.1 Å². The monoisotopic (exact) mass is 898 g/mol. The quantitative estimate of drug-likeness (QED) is 0.131. The van der Waals surface area contributed by atoms with E-state index in [1.807, 2.05) is 93.6 Å². The van der Waals surface area contributed by atoms with Crippen LogP contribution in [-0.4, -0.2) is 9.97 Å². The van der Waals surface area contributed by atoms with Crippen LogP contribution in [0.4, 0.5) is 0 Å². The fourth-order valence-electron chi connectivity index (χ4n) is 6.90. The molecule has 0 atom stereocenters. The molecule has 0 spiro atoms. The van der Waals surface area contributed by atoms with Gasteiger partial charge in [0.25, 0.3) is 0 Å². The van der Waals surface area contributed by atoms with Crippen molar-refractivity contribution in [2.45, 2.75) is 39.9 Å². The van der Waals surface area contributed by atoms with Gasteiger partial charge in [-0.3, -0.25) is 4.98 Å². The Morgan fingerprint density at radius 2 is 1.47 bits per heavy atom. The van der Waals surface area contributed by atoms with Crippen molar-refractivity contribution in [3.63, 3.8) is 0 Å². The van der Waals surface area contributed by atoms with Crippen molar-refractivity contribution in [2.24, 2.45) is 0 Å². The number of aryl methyl sites for hydroxylation is 2. The van der Waals surface area contributed by atoms with E-state index in [1.54, 1.807) is 24.3 Å². The molecule has 3 aromatic heterocycles. The molecule has 0 aliphatic carbocycles. The van der Waals surface area contributed by atoms with Crippen molar-refractivity contribution in [3.8, 4) is 33.8 Å². The summed E-state index contributed by atoms with van der Waals surface area (Å²) < 4.78 is 71.0. The van der Waals surface area contributed by atoms with Crippen LogP contribution in [0.5, 0.6) is 0 Å². The molecular formula is C50H38IrN2O2-2. The van der Waals surface area contributed by atoms with Crippen LogP contribution in [0.3, 0.4) is 0 Å². The van der Waals surface area contributed by atoms with Crippen LogP contribution < -0.4 is 0 Å². The minimum Gasteiger partial charge on any atom is -0.501 e. The average molecular weight is 898 g/mol. The van der Waals surface area contributed by atoms with Crippen LogP contribution in [0.2, 0.25) is 0 Å².